The van der Waals surface area contributed by atoms with Crippen LogP contribution < -0.4 is 0 Å². The zero-order valence-corrected chi connectivity index (χ0v) is 11.0. The van der Waals surface area contributed by atoms with Gasteiger partial charge in [-0.25, -0.2) is 0 Å². The lowest BCUT2D eigenvalue weighted by atomic mass is 9.98. The molecule has 0 aromatic heterocycles. The maximum absolute atomic E-state index is 10.7. The van der Waals surface area contributed by atoms with Crippen molar-refractivity contribution in [3.05, 3.63) is 84.4 Å². The third-order valence-corrected chi connectivity index (χ3v) is 3.35. The van der Waals surface area contributed by atoms with Crippen molar-refractivity contribution in [3.8, 4) is 22.3 Å². The second-order valence-electron chi connectivity index (χ2n) is 4.69. The lowest BCUT2D eigenvalue weighted by molar-refractivity contribution is 0.112. The van der Waals surface area contributed by atoms with Crippen molar-refractivity contribution in [1.82, 2.24) is 0 Å². The molecular weight excluding hydrogens is 244 g/mol. The van der Waals surface area contributed by atoms with Crippen LogP contribution in [0.3, 0.4) is 0 Å². The summed E-state index contributed by atoms with van der Waals surface area (Å²) in [6, 6.07) is 26.4. The maximum atomic E-state index is 10.7. The summed E-state index contributed by atoms with van der Waals surface area (Å²) < 4.78 is 0. The van der Waals surface area contributed by atoms with E-state index >= 15 is 0 Å². The first kappa shape index (κ1) is 12.4. The van der Waals surface area contributed by atoms with Crippen molar-refractivity contribution < 1.29 is 4.79 Å². The molecular formula is C19H14O. The largest absolute Gasteiger partial charge is 0.298 e. The molecule has 0 N–H and O–H groups in total. The van der Waals surface area contributed by atoms with Crippen LogP contribution in [0.25, 0.3) is 22.3 Å². The Labute approximate surface area is 118 Å². The van der Waals surface area contributed by atoms with Gasteiger partial charge >= 0.3 is 0 Å². The van der Waals surface area contributed by atoms with Crippen molar-refractivity contribution in [2.45, 2.75) is 0 Å². The summed E-state index contributed by atoms with van der Waals surface area (Å²) in [6.45, 7) is 0. The molecule has 3 rings (SSSR count). The van der Waals surface area contributed by atoms with Crippen molar-refractivity contribution >= 4 is 6.29 Å². The van der Waals surface area contributed by atoms with E-state index in [1.165, 1.54) is 11.1 Å². The minimum Gasteiger partial charge on any atom is -0.298 e. The first-order chi connectivity index (χ1) is 9.86. The summed E-state index contributed by atoms with van der Waals surface area (Å²) in [5, 5.41) is 0. The van der Waals surface area contributed by atoms with Gasteiger partial charge in [-0.2, -0.15) is 0 Å². The standard InChI is InChI=1S/C19H14O/c20-14-15-9-11-17(12-10-15)19-8-4-7-18(13-19)16-5-2-1-3-6-16/h1-14H. The summed E-state index contributed by atoms with van der Waals surface area (Å²) in [6.07, 6.45) is 0.865. The lowest BCUT2D eigenvalue weighted by Gasteiger charge is -2.06. The van der Waals surface area contributed by atoms with Crippen LogP contribution in [-0.2, 0) is 0 Å². The fraction of sp³-hybridized carbons (Fsp3) is 0. The Morgan fingerprint density at radius 1 is 0.550 bits per heavy atom. The summed E-state index contributed by atoms with van der Waals surface area (Å²) in [5.41, 5.74) is 5.38. The molecule has 0 aliphatic carbocycles. The van der Waals surface area contributed by atoms with Gasteiger partial charge in [0.25, 0.3) is 0 Å². The molecule has 20 heavy (non-hydrogen) atoms. The van der Waals surface area contributed by atoms with Crippen molar-refractivity contribution in [2.24, 2.45) is 0 Å². The van der Waals surface area contributed by atoms with E-state index in [1.54, 1.807) is 0 Å². The van der Waals surface area contributed by atoms with Crippen molar-refractivity contribution in [2.75, 3.05) is 0 Å². The van der Waals surface area contributed by atoms with Gasteiger partial charge in [-0.05, 0) is 28.3 Å². The normalized spacial score (nSPS) is 10.2. The molecule has 0 saturated heterocycles. The third kappa shape index (κ3) is 2.52. The minimum atomic E-state index is 0.702. The van der Waals surface area contributed by atoms with Crippen LogP contribution in [0, 0.1) is 0 Å². The number of hydrogen-bond acceptors (Lipinski definition) is 1. The Balaban J connectivity index is 2.00. The number of hydrogen-bond donors (Lipinski definition) is 0. The molecule has 96 valence electrons. The lowest BCUT2D eigenvalue weighted by Crippen LogP contribution is -1.83. The second-order valence-corrected chi connectivity index (χ2v) is 4.69. The van der Waals surface area contributed by atoms with Gasteiger partial charge < -0.3 is 0 Å². The molecule has 0 atom stereocenters. The van der Waals surface area contributed by atoms with Crippen LogP contribution in [0.2, 0.25) is 0 Å². The zero-order valence-electron chi connectivity index (χ0n) is 11.0. The fourth-order valence-corrected chi connectivity index (χ4v) is 2.26. The van der Waals surface area contributed by atoms with Crippen LogP contribution in [0.5, 0.6) is 0 Å². The van der Waals surface area contributed by atoms with Gasteiger partial charge in [-0.1, -0.05) is 72.8 Å². The van der Waals surface area contributed by atoms with E-state index in [-0.39, 0.29) is 0 Å². The summed E-state index contributed by atoms with van der Waals surface area (Å²) in [4.78, 5) is 10.7. The van der Waals surface area contributed by atoms with Gasteiger partial charge in [-0.3, -0.25) is 4.79 Å². The number of aldehydes is 1. The third-order valence-electron chi connectivity index (χ3n) is 3.35. The molecule has 1 nitrogen and oxygen atoms in total. The highest BCUT2D eigenvalue weighted by atomic mass is 16.1. The van der Waals surface area contributed by atoms with Crippen LogP contribution in [0.4, 0.5) is 0 Å². The predicted octanol–water partition coefficient (Wildman–Crippen LogP) is 4.83. The molecule has 0 radical (unpaired) electrons. The van der Waals surface area contributed by atoms with Crippen LogP contribution in [0.1, 0.15) is 10.4 Å². The van der Waals surface area contributed by atoms with Gasteiger partial charge in [-0.15, -0.1) is 0 Å². The Kier molecular flexibility index (Phi) is 3.42. The monoisotopic (exact) mass is 258 g/mol. The van der Waals surface area contributed by atoms with Gasteiger partial charge in [0.15, 0.2) is 0 Å². The number of carbonyl (C=O) groups excluding carboxylic acids is 1. The molecule has 3 aromatic carbocycles. The van der Waals surface area contributed by atoms with Crippen LogP contribution in [-0.4, -0.2) is 6.29 Å². The highest BCUT2D eigenvalue weighted by Gasteiger charge is 2.01. The average Bonchev–Trinajstić information content (AvgIpc) is 2.56. The molecule has 0 fully saturated rings. The SMILES string of the molecule is O=Cc1ccc(-c2cccc(-c3ccccc3)c2)cc1. The van der Waals surface area contributed by atoms with Crippen LogP contribution in [0.15, 0.2) is 78.9 Å². The molecule has 0 amide bonds. The summed E-state index contributed by atoms with van der Waals surface area (Å²) >= 11 is 0. The Morgan fingerprint density at radius 3 is 1.70 bits per heavy atom. The van der Waals surface area contributed by atoms with E-state index in [1.807, 2.05) is 42.5 Å². The fourth-order valence-electron chi connectivity index (χ4n) is 2.26. The predicted molar refractivity (Wildman–Crippen MR) is 82.7 cm³/mol. The molecule has 0 saturated carbocycles. The van der Waals surface area contributed by atoms with Crippen molar-refractivity contribution in [3.63, 3.8) is 0 Å². The molecule has 1 heteroatoms. The van der Waals surface area contributed by atoms with E-state index < -0.39 is 0 Å². The minimum absolute atomic E-state index is 0.702. The quantitative estimate of drug-likeness (QED) is 0.615. The highest BCUT2D eigenvalue weighted by molar-refractivity contribution is 5.78. The molecule has 0 heterocycles. The molecule has 0 aliphatic heterocycles. The van der Waals surface area contributed by atoms with E-state index in [0.29, 0.717) is 5.56 Å². The van der Waals surface area contributed by atoms with Gasteiger partial charge in [0.05, 0.1) is 0 Å². The van der Waals surface area contributed by atoms with Gasteiger partial charge in [0.2, 0.25) is 0 Å². The van der Waals surface area contributed by atoms with E-state index in [9.17, 15) is 4.79 Å². The molecule has 0 spiro atoms. The van der Waals surface area contributed by atoms with E-state index in [4.69, 9.17) is 0 Å². The summed E-state index contributed by atoms with van der Waals surface area (Å²) in [7, 11) is 0. The Hall–Kier alpha value is -2.67. The highest BCUT2D eigenvalue weighted by Crippen LogP contribution is 2.26. The maximum Gasteiger partial charge on any atom is 0.150 e. The first-order valence-electron chi connectivity index (χ1n) is 6.58. The van der Waals surface area contributed by atoms with Gasteiger partial charge in [0, 0.05) is 5.56 Å². The topological polar surface area (TPSA) is 17.1 Å². The Bertz CT molecular complexity index is 712. The summed E-state index contributed by atoms with van der Waals surface area (Å²) in [5.74, 6) is 0. The molecule has 0 aliphatic rings. The van der Waals surface area contributed by atoms with Crippen LogP contribution >= 0.6 is 0 Å². The number of carbonyl (C=O) groups is 1. The molecule has 0 unspecified atom stereocenters. The van der Waals surface area contributed by atoms with E-state index in [0.717, 1.165) is 17.4 Å². The first-order valence-corrected chi connectivity index (χ1v) is 6.58. The number of rotatable bonds is 3. The van der Waals surface area contributed by atoms with Gasteiger partial charge in [0.1, 0.15) is 6.29 Å². The Morgan fingerprint density at radius 2 is 1.10 bits per heavy atom. The zero-order chi connectivity index (χ0) is 13.8. The van der Waals surface area contributed by atoms with E-state index in [2.05, 4.69) is 36.4 Å². The second kappa shape index (κ2) is 5.54. The molecule has 0 bridgehead atoms. The smallest absolute Gasteiger partial charge is 0.150 e. The van der Waals surface area contributed by atoms with Crippen molar-refractivity contribution in [1.29, 1.82) is 0 Å². The molecule has 3 aromatic rings. The average molecular weight is 258 g/mol. The number of benzene rings is 3.